The predicted octanol–water partition coefficient (Wildman–Crippen LogP) is 6.28. The lowest BCUT2D eigenvalue weighted by molar-refractivity contribution is 1.03. The van der Waals surface area contributed by atoms with E-state index in [1.54, 1.807) is 18.3 Å². The van der Waals surface area contributed by atoms with E-state index < -0.39 is 0 Å². The minimum atomic E-state index is 0.419. The van der Waals surface area contributed by atoms with Crippen molar-refractivity contribution >= 4 is 46.4 Å². The highest BCUT2D eigenvalue weighted by Crippen LogP contribution is 2.34. The molecule has 2 nitrogen and oxygen atoms in total. The molecule has 6 heteroatoms. The molecule has 1 N–H and O–H groups in total. The van der Waals surface area contributed by atoms with Gasteiger partial charge in [0.15, 0.2) is 0 Å². The Bertz CT molecular complexity index is 827. The number of halogens is 4. The van der Waals surface area contributed by atoms with E-state index in [4.69, 9.17) is 46.4 Å². The summed E-state index contributed by atoms with van der Waals surface area (Å²) in [6.07, 6.45) is 2.40. The monoisotopic (exact) mass is 370 g/mol. The lowest BCUT2D eigenvalue weighted by Crippen LogP contribution is -1.91. The third kappa shape index (κ3) is 3.26. The molecule has 0 spiro atoms. The molecule has 3 aromatic rings. The molecule has 3 rings (SSSR count). The second kappa shape index (κ2) is 6.51. The Balaban J connectivity index is 1.91. The number of nitrogens with zero attached hydrogens (tertiary/aromatic N) is 1. The molecule has 0 unspecified atom stereocenters. The van der Waals surface area contributed by atoms with E-state index in [1.807, 2.05) is 24.3 Å². The molecule has 22 heavy (non-hydrogen) atoms. The topological polar surface area (TPSA) is 28.7 Å². The highest BCUT2D eigenvalue weighted by Gasteiger charge is 2.12. The highest BCUT2D eigenvalue weighted by atomic mass is 35.5. The lowest BCUT2D eigenvalue weighted by Gasteiger charge is -2.03. The summed E-state index contributed by atoms with van der Waals surface area (Å²) in [4.78, 5) is 7.68. The van der Waals surface area contributed by atoms with Crippen LogP contribution in [0.3, 0.4) is 0 Å². The van der Waals surface area contributed by atoms with Crippen LogP contribution in [0.4, 0.5) is 0 Å². The van der Waals surface area contributed by atoms with E-state index in [2.05, 4.69) is 9.97 Å². The van der Waals surface area contributed by atoms with Crippen molar-refractivity contribution < 1.29 is 0 Å². The van der Waals surface area contributed by atoms with Gasteiger partial charge < -0.3 is 4.98 Å². The number of nitrogens with one attached hydrogen (secondary N) is 1. The first-order valence-electron chi connectivity index (χ1n) is 6.47. The van der Waals surface area contributed by atoms with Crippen LogP contribution in [0.15, 0.2) is 42.6 Å². The van der Waals surface area contributed by atoms with Gasteiger partial charge in [0.25, 0.3) is 0 Å². The molecule has 0 amide bonds. The van der Waals surface area contributed by atoms with E-state index in [0.717, 1.165) is 17.0 Å². The van der Waals surface area contributed by atoms with Crippen molar-refractivity contribution in [2.45, 2.75) is 6.42 Å². The standard InChI is InChI=1S/C16H10Cl4N2/c17-11-4-2-1-3-9(11)5-16-21-8-15(22-16)10-6-13(19)14(20)7-12(10)18/h1-4,6-8H,5H2,(H,21,22). The van der Waals surface area contributed by atoms with Crippen LogP contribution in [0.1, 0.15) is 11.4 Å². The lowest BCUT2D eigenvalue weighted by atomic mass is 10.1. The van der Waals surface area contributed by atoms with E-state index in [-0.39, 0.29) is 0 Å². The Hall–Kier alpha value is -1.19. The second-order valence-electron chi connectivity index (χ2n) is 4.75. The van der Waals surface area contributed by atoms with Crippen LogP contribution in [0.2, 0.25) is 20.1 Å². The van der Waals surface area contributed by atoms with Gasteiger partial charge in [0.2, 0.25) is 0 Å². The maximum Gasteiger partial charge on any atom is 0.111 e. The Labute approximate surface area is 148 Å². The Morgan fingerprint density at radius 2 is 1.59 bits per heavy atom. The smallest absolute Gasteiger partial charge is 0.111 e. The quantitative estimate of drug-likeness (QED) is 0.539. The molecule has 0 saturated carbocycles. The van der Waals surface area contributed by atoms with Crippen molar-refractivity contribution in [3.63, 3.8) is 0 Å². The van der Waals surface area contributed by atoms with Crippen molar-refractivity contribution in [2.75, 3.05) is 0 Å². The van der Waals surface area contributed by atoms with Gasteiger partial charge >= 0.3 is 0 Å². The van der Waals surface area contributed by atoms with Crippen molar-refractivity contribution in [3.8, 4) is 11.3 Å². The number of rotatable bonds is 3. The van der Waals surface area contributed by atoms with Gasteiger partial charge in [0.1, 0.15) is 5.82 Å². The molecule has 0 atom stereocenters. The van der Waals surface area contributed by atoms with Crippen molar-refractivity contribution in [1.82, 2.24) is 9.97 Å². The van der Waals surface area contributed by atoms with Crippen LogP contribution in [-0.4, -0.2) is 9.97 Å². The van der Waals surface area contributed by atoms with Crippen molar-refractivity contribution in [3.05, 3.63) is 74.1 Å². The summed E-state index contributed by atoms with van der Waals surface area (Å²) in [6, 6.07) is 11.0. The molecule has 0 fully saturated rings. The number of hydrogen-bond donors (Lipinski definition) is 1. The molecular weight excluding hydrogens is 362 g/mol. The fourth-order valence-electron chi connectivity index (χ4n) is 2.13. The van der Waals surface area contributed by atoms with Crippen LogP contribution in [0.25, 0.3) is 11.3 Å². The first-order chi connectivity index (χ1) is 10.5. The molecule has 0 aliphatic rings. The minimum Gasteiger partial charge on any atom is -0.348 e. The molecule has 1 heterocycles. The SMILES string of the molecule is Clc1cc(Cl)c(-c2c[nH]c(Cc3ccccc3Cl)n2)cc1Cl. The zero-order valence-corrected chi connectivity index (χ0v) is 14.2. The van der Waals surface area contributed by atoms with Crippen molar-refractivity contribution in [1.29, 1.82) is 0 Å². The summed E-state index contributed by atoms with van der Waals surface area (Å²) in [5, 5.41) is 2.08. The summed E-state index contributed by atoms with van der Waals surface area (Å²) in [6.45, 7) is 0. The summed E-state index contributed by atoms with van der Waals surface area (Å²) < 4.78 is 0. The van der Waals surface area contributed by atoms with Crippen LogP contribution in [-0.2, 0) is 6.42 Å². The van der Waals surface area contributed by atoms with E-state index >= 15 is 0 Å². The van der Waals surface area contributed by atoms with Gasteiger partial charge in [-0.25, -0.2) is 4.98 Å². The summed E-state index contributed by atoms with van der Waals surface area (Å²) >= 11 is 24.4. The maximum atomic E-state index is 6.21. The summed E-state index contributed by atoms with van der Waals surface area (Å²) in [5.41, 5.74) is 2.45. The van der Waals surface area contributed by atoms with Gasteiger partial charge in [-0.1, -0.05) is 64.6 Å². The Morgan fingerprint density at radius 1 is 0.864 bits per heavy atom. The zero-order chi connectivity index (χ0) is 15.7. The minimum absolute atomic E-state index is 0.419. The molecule has 0 bridgehead atoms. The van der Waals surface area contributed by atoms with Crippen LogP contribution >= 0.6 is 46.4 Å². The van der Waals surface area contributed by atoms with Gasteiger partial charge in [-0.3, -0.25) is 0 Å². The average molecular weight is 372 g/mol. The molecule has 2 aromatic carbocycles. The number of hydrogen-bond acceptors (Lipinski definition) is 1. The highest BCUT2D eigenvalue weighted by molar-refractivity contribution is 6.44. The van der Waals surface area contributed by atoms with Gasteiger partial charge in [-0.05, 0) is 23.8 Å². The largest absolute Gasteiger partial charge is 0.348 e. The number of benzene rings is 2. The first-order valence-corrected chi connectivity index (χ1v) is 7.98. The number of aromatic amines is 1. The number of imidazole rings is 1. The molecule has 0 aliphatic heterocycles. The summed E-state index contributed by atoms with van der Waals surface area (Å²) in [5.74, 6) is 0.797. The molecule has 1 aromatic heterocycles. The number of aromatic nitrogens is 2. The fourth-order valence-corrected chi connectivity index (χ4v) is 2.98. The summed E-state index contributed by atoms with van der Waals surface area (Å²) in [7, 11) is 0. The van der Waals surface area contributed by atoms with Crippen LogP contribution in [0.5, 0.6) is 0 Å². The number of H-pyrrole nitrogens is 1. The normalized spacial score (nSPS) is 10.9. The van der Waals surface area contributed by atoms with Gasteiger partial charge in [0, 0.05) is 23.2 Å². The zero-order valence-electron chi connectivity index (χ0n) is 11.2. The third-order valence-corrected chi connectivity index (χ3v) is 4.64. The Kier molecular flexibility index (Phi) is 4.65. The third-order valence-electron chi connectivity index (χ3n) is 3.23. The predicted molar refractivity (Wildman–Crippen MR) is 93.3 cm³/mol. The van der Waals surface area contributed by atoms with Crippen LogP contribution in [0, 0.1) is 0 Å². The van der Waals surface area contributed by atoms with Gasteiger partial charge in [-0.2, -0.15) is 0 Å². The maximum absolute atomic E-state index is 6.21. The fraction of sp³-hybridized carbons (Fsp3) is 0.0625. The van der Waals surface area contributed by atoms with Crippen LogP contribution < -0.4 is 0 Å². The molecule has 0 aliphatic carbocycles. The molecule has 0 saturated heterocycles. The van der Waals surface area contributed by atoms with Gasteiger partial charge in [0.05, 0.1) is 20.8 Å². The second-order valence-corrected chi connectivity index (χ2v) is 6.38. The van der Waals surface area contributed by atoms with E-state index in [1.165, 1.54) is 0 Å². The van der Waals surface area contributed by atoms with Crippen molar-refractivity contribution in [2.24, 2.45) is 0 Å². The van der Waals surface area contributed by atoms with Gasteiger partial charge in [-0.15, -0.1) is 0 Å². The van der Waals surface area contributed by atoms with E-state index in [0.29, 0.717) is 32.2 Å². The molecule has 0 radical (unpaired) electrons. The average Bonchev–Trinajstić information content (AvgIpc) is 2.94. The van der Waals surface area contributed by atoms with E-state index in [9.17, 15) is 0 Å². The first kappa shape index (κ1) is 15.7. The Morgan fingerprint density at radius 3 is 2.36 bits per heavy atom. The molecule has 112 valence electrons. The molecular formula is C16H10Cl4N2.